The Morgan fingerprint density at radius 1 is 1.00 bits per heavy atom. The molecular weight excluding hydrogens is 365 g/mol. The van der Waals surface area contributed by atoms with Crippen LogP contribution in [-0.2, 0) is 21.7 Å². The SMILES string of the molecule is CC(C)(C)[NH-].CC1=[C-]C(C)C(C)=C1C.C[SiH]C.Cl.Cl.[CH3-].[CH3-].[Ti+4]. The zero-order valence-electron chi connectivity index (χ0n) is 16.5. The van der Waals surface area contributed by atoms with Crippen molar-refractivity contribution in [1.29, 1.82) is 0 Å². The van der Waals surface area contributed by atoms with Crippen LogP contribution in [0.2, 0.25) is 13.1 Å². The summed E-state index contributed by atoms with van der Waals surface area (Å²) < 4.78 is 0. The Bertz CT molecular complexity index is 279. The first-order valence-electron chi connectivity index (χ1n) is 6.31. The third kappa shape index (κ3) is 29.0. The molecular formula is C17H38Cl2NSiTi. The Labute approximate surface area is 171 Å². The Morgan fingerprint density at radius 2 is 1.23 bits per heavy atom. The van der Waals surface area contributed by atoms with E-state index in [0.717, 1.165) is 9.52 Å². The van der Waals surface area contributed by atoms with Crippen LogP contribution in [0.25, 0.3) is 5.73 Å². The molecule has 0 aliphatic heterocycles. The van der Waals surface area contributed by atoms with Crippen molar-refractivity contribution in [1.82, 2.24) is 0 Å². The summed E-state index contributed by atoms with van der Waals surface area (Å²) in [4.78, 5) is 0. The predicted molar refractivity (Wildman–Crippen MR) is 110 cm³/mol. The van der Waals surface area contributed by atoms with Crippen LogP contribution in [-0.4, -0.2) is 15.1 Å². The molecule has 1 aliphatic rings. The van der Waals surface area contributed by atoms with Crippen molar-refractivity contribution in [2.24, 2.45) is 5.92 Å². The van der Waals surface area contributed by atoms with Crippen molar-refractivity contribution in [3.8, 4) is 0 Å². The Balaban J connectivity index is -0.0000000310. The van der Waals surface area contributed by atoms with Gasteiger partial charge in [0.1, 0.15) is 0 Å². The maximum atomic E-state index is 6.94. The fraction of sp³-hybridized carbons (Fsp3) is 0.647. The molecule has 0 spiro atoms. The molecule has 1 nitrogen and oxygen atoms in total. The van der Waals surface area contributed by atoms with Gasteiger partial charge in [-0.2, -0.15) is 11.1 Å². The van der Waals surface area contributed by atoms with E-state index in [-0.39, 0.29) is 66.9 Å². The van der Waals surface area contributed by atoms with Crippen LogP contribution in [0.5, 0.6) is 0 Å². The monoisotopic (exact) mass is 402 g/mol. The molecule has 0 aromatic carbocycles. The quantitative estimate of drug-likeness (QED) is 0.313. The van der Waals surface area contributed by atoms with Crippen molar-refractivity contribution >= 4 is 34.3 Å². The van der Waals surface area contributed by atoms with Crippen molar-refractivity contribution in [2.75, 3.05) is 0 Å². The first-order chi connectivity index (χ1) is 7.54. The van der Waals surface area contributed by atoms with Gasteiger partial charge in [-0.25, -0.2) is 5.57 Å². The number of hydrogen-bond acceptors (Lipinski definition) is 0. The molecule has 1 unspecified atom stereocenters. The van der Waals surface area contributed by atoms with E-state index in [9.17, 15) is 0 Å². The number of allylic oxidation sites excluding steroid dienone is 4. The number of hydrogen-bond donors (Lipinski definition) is 0. The van der Waals surface area contributed by atoms with E-state index < -0.39 is 0 Å². The molecule has 0 heterocycles. The topological polar surface area (TPSA) is 23.8 Å². The molecule has 0 saturated heterocycles. The summed E-state index contributed by atoms with van der Waals surface area (Å²) in [5, 5.41) is 0. The summed E-state index contributed by atoms with van der Waals surface area (Å²) in [5.41, 5.74) is 10.9. The Kier molecular flexibility index (Phi) is 43.4. The van der Waals surface area contributed by atoms with Crippen LogP contribution in [0.3, 0.4) is 0 Å². The molecule has 0 saturated carbocycles. The average Bonchev–Trinajstić information content (AvgIpc) is 2.32. The maximum absolute atomic E-state index is 6.94. The van der Waals surface area contributed by atoms with Gasteiger partial charge in [0.05, 0.1) is 0 Å². The molecule has 0 fully saturated rings. The fourth-order valence-corrected chi connectivity index (χ4v) is 1.16. The van der Waals surface area contributed by atoms with E-state index in [0.29, 0.717) is 5.92 Å². The van der Waals surface area contributed by atoms with E-state index in [1.54, 1.807) is 0 Å². The summed E-state index contributed by atoms with van der Waals surface area (Å²) in [5.74, 6) is 0.560. The van der Waals surface area contributed by atoms with Crippen LogP contribution < -0.4 is 0 Å². The second-order valence-electron chi connectivity index (χ2n) is 5.63. The second kappa shape index (κ2) is 22.0. The van der Waals surface area contributed by atoms with Gasteiger partial charge in [-0.05, 0) is 0 Å². The molecule has 0 aromatic rings. The minimum atomic E-state index is -0.250. The summed E-state index contributed by atoms with van der Waals surface area (Å²) in [6.45, 7) is 18.6. The van der Waals surface area contributed by atoms with Gasteiger partial charge in [0.15, 0.2) is 0 Å². The summed E-state index contributed by atoms with van der Waals surface area (Å²) in [6, 6.07) is 0. The molecule has 22 heavy (non-hydrogen) atoms. The summed E-state index contributed by atoms with van der Waals surface area (Å²) in [7, 11) is 0.750. The molecule has 1 rings (SSSR count). The van der Waals surface area contributed by atoms with Gasteiger partial charge in [0.25, 0.3) is 0 Å². The van der Waals surface area contributed by atoms with E-state index in [1.807, 2.05) is 20.8 Å². The fourth-order valence-electron chi connectivity index (χ4n) is 1.16. The maximum Gasteiger partial charge on any atom is 4.00 e. The van der Waals surface area contributed by atoms with Crippen molar-refractivity contribution in [2.45, 2.75) is 67.1 Å². The normalized spacial score (nSPS) is 14.6. The molecule has 1 atom stereocenters. The number of nitrogens with one attached hydrogen (secondary N) is 1. The van der Waals surface area contributed by atoms with Gasteiger partial charge in [0, 0.05) is 9.52 Å². The standard InChI is InChI=1S/C9H13.C4H10N.C2H7Si.2CH3.2ClH.Ti/c1-6-5-7(2)9(4)8(6)3;1-4(2,3)5;1-3-2;;;;;/h6H,1-4H3;5H,1-3H3;3H,1-2H3;2*1H3;2*1H;/q2*-1;;2*-1;;;+4. The van der Waals surface area contributed by atoms with Crippen molar-refractivity contribution < 1.29 is 21.7 Å². The smallest absolute Gasteiger partial charge is 0.673 e. The molecule has 0 bridgehead atoms. The van der Waals surface area contributed by atoms with Crippen LogP contribution >= 0.6 is 24.8 Å². The number of rotatable bonds is 0. The van der Waals surface area contributed by atoms with Gasteiger partial charge in [-0.15, -0.1) is 37.3 Å². The van der Waals surface area contributed by atoms with Crippen LogP contribution in [0, 0.1) is 26.8 Å². The van der Waals surface area contributed by atoms with Gasteiger partial charge in [-0.3, -0.25) is 6.08 Å². The van der Waals surface area contributed by atoms with Gasteiger partial charge in [-0.1, -0.05) is 60.6 Å². The minimum absolute atomic E-state index is 0. The summed E-state index contributed by atoms with van der Waals surface area (Å²) in [6.07, 6.45) is 3.36. The van der Waals surface area contributed by atoms with Crippen molar-refractivity contribution in [3.63, 3.8) is 0 Å². The van der Waals surface area contributed by atoms with E-state index in [1.165, 1.54) is 16.7 Å². The van der Waals surface area contributed by atoms with E-state index in [4.69, 9.17) is 5.73 Å². The summed E-state index contributed by atoms with van der Waals surface area (Å²) >= 11 is 0. The van der Waals surface area contributed by atoms with Crippen LogP contribution in [0.1, 0.15) is 48.5 Å². The van der Waals surface area contributed by atoms with Gasteiger partial charge in [0.2, 0.25) is 0 Å². The van der Waals surface area contributed by atoms with Crippen LogP contribution in [0.15, 0.2) is 16.7 Å². The largest absolute Gasteiger partial charge is 4.00 e. The van der Waals surface area contributed by atoms with Gasteiger partial charge < -0.3 is 20.6 Å². The van der Waals surface area contributed by atoms with Crippen LogP contribution in [0.4, 0.5) is 0 Å². The average molecular weight is 403 g/mol. The number of halogens is 2. The zero-order chi connectivity index (χ0) is 14.2. The zero-order valence-corrected chi connectivity index (χ0v) is 20.8. The second-order valence-corrected chi connectivity index (χ2v) is 6.78. The molecule has 0 aromatic heterocycles. The first-order valence-corrected chi connectivity index (χ1v) is 8.62. The first kappa shape index (κ1) is 43.5. The Hall–Kier alpha value is 0.951. The minimum Gasteiger partial charge on any atom is -0.673 e. The van der Waals surface area contributed by atoms with E-state index in [2.05, 4.69) is 46.9 Å². The third-order valence-electron chi connectivity index (χ3n) is 2.24. The van der Waals surface area contributed by atoms with Gasteiger partial charge >= 0.3 is 21.7 Å². The Morgan fingerprint density at radius 3 is 1.27 bits per heavy atom. The molecule has 1 radical (unpaired) electrons. The molecule has 1 aliphatic carbocycles. The predicted octanol–water partition coefficient (Wildman–Crippen LogP) is 6.82. The van der Waals surface area contributed by atoms with Crippen molar-refractivity contribution in [3.05, 3.63) is 43.4 Å². The van der Waals surface area contributed by atoms with E-state index >= 15 is 0 Å². The molecule has 5 heteroatoms. The third-order valence-corrected chi connectivity index (χ3v) is 2.24. The molecule has 133 valence electrons. The molecule has 0 amide bonds. The molecule has 1 N–H and O–H groups in total.